The van der Waals surface area contributed by atoms with E-state index in [1.165, 1.54) is 16.8 Å². The molecule has 3 aromatic heterocycles. The first kappa shape index (κ1) is 25.0. The third-order valence-corrected chi connectivity index (χ3v) is 8.30. The van der Waals surface area contributed by atoms with Gasteiger partial charge in [-0.2, -0.15) is 5.10 Å². The van der Waals surface area contributed by atoms with E-state index in [1.807, 2.05) is 12.4 Å². The lowest BCUT2D eigenvalue weighted by atomic mass is 9.99. The summed E-state index contributed by atoms with van der Waals surface area (Å²) in [7, 11) is 2.19. The first-order valence-electron chi connectivity index (χ1n) is 13.8. The van der Waals surface area contributed by atoms with Crippen LogP contribution in [0.5, 0.6) is 0 Å². The number of aromatic amines is 1. The van der Waals surface area contributed by atoms with Crippen LogP contribution in [-0.4, -0.2) is 99.3 Å². The maximum absolute atomic E-state index is 9.25. The number of aromatic nitrogens is 5. The minimum absolute atomic E-state index is 0.224. The molecule has 2 saturated heterocycles. The quantitative estimate of drug-likeness (QED) is 0.407. The Morgan fingerprint density at radius 1 is 0.947 bits per heavy atom. The van der Waals surface area contributed by atoms with E-state index < -0.39 is 0 Å². The van der Waals surface area contributed by atoms with Gasteiger partial charge in [0.25, 0.3) is 0 Å². The average Bonchev–Trinajstić information content (AvgIpc) is 3.57. The molecule has 4 aromatic rings. The van der Waals surface area contributed by atoms with Gasteiger partial charge in [-0.15, -0.1) is 10.2 Å². The molecular weight excluding hydrogens is 476 g/mol. The SMILES string of the molecule is Cc1cc(-c2cc3c(-c4cnn(C5CCN(C)CC5)c4)c[nH]c3nn2)cc(C)c1N1CCN(CCO)CC1. The van der Waals surface area contributed by atoms with Crippen LogP contribution in [0.2, 0.25) is 0 Å². The first-order chi connectivity index (χ1) is 18.5. The van der Waals surface area contributed by atoms with Gasteiger partial charge >= 0.3 is 0 Å². The van der Waals surface area contributed by atoms with Crippen molar-refractivity contribution in [2.24, 2.45) is 0 Å². The van der Waals surface area contributed by atoms with Gasteiger partial charge in [0.05, 0.1) is 24.5 Å². The number of nitrogens with one attached hydrogen (secondary N) is 1. The first-order valence-corrected chi connectivity index (χ1v) is 13.8. The third kappa shape index (κ3) is 4.81. The highest BCUT2D eigenvalue weighted by molar-refractivity contribution is 5.95. The van der Waals surface area contributed by atoms with E-state index in [1.54, 1.807) is 0 Å². The fraction of sp³-hybridized carbons (Fsp3) is 0.483. The minimum Gasteiger partial charge on any atom is -0.395 e. The van der Waals surface area contributed by atoms with E-state index in [0.29, 0.717) is 6.04 Å². The molecule has 200 valence electrons. The largest absolute Gasteiger partial charge is 0.395 e. The molecule has 0 spiro atoms. The molecule has 9 nitrogen and oxygen atoms in total. The molecule has 2 N–H and O–H groups in total. The second-order valence-corrected chi connectivity index (χ2v) is 10.9. The van der Waals surface area contributed by atoms with Crippen molar-refractivity contribution in [3.05, 3.63) is 47.9 Å². The van der Waals surface area contributed by atoms with E-state index in [-0.39, 0.29) is 6.61 Å². The number of piperidine rings is 1. The predicted molar refractivity (Wildman–Crippen MR) is 152 cm³/mol. The third-order valence-electron chi connectivity index (χ3n) is 8.30. The van der Waals surface area contributed by atoms with Gasteiger partial charge < -0.3 is 19.9 Å². The molecule has 0 saturated carbocycles. The van der Waals surface area contributed by atoms with Crippen LogP contribution in [0.25, 0.3) is 33.4 Å². The molecule has 0 unspecified atom stereocenters. The van der Waals surface area contributed by atoms with Gasteiger partial charge in [0.1, 0.15) is 0 Å². The molecule has 0 bridgehead atoms. The van der Waals surface area contributed by atoms with Crippen molar-refractivity contribution in [2.45, 2.75) is 32.7 Å². The summed E-state index contributed by atoms with van der Waals surface area (Å²) in [5.41, 5.74) is 8.81. The molecule has 1 aromatic carbocycles. The van der Waals surface area contributed by atoms with Gasteiger partial charge in [-0.1, -0.05) is 0 Å². The number of hydrogen-bond donors (Lipinski definition) is 2. The van der Waals surface area contributed by atoms with Crippen LogP contribution in [-0.2, 0) is 0 Å². The van der Waals surface area contributed by atoms with Crippen molar-refractivity contribution in [3.8, 4) is 22.4 Å². The van der Waals surface area contributed by atoms with Gasteiger partial charge in [-0.3, -0.25) is 9.58 Å². The zero-order chi connectivity index (χ0) is 26.2. The second kappa shape index (κ2) is 10.5. The zero-order valence-electron chi connectivity index (χ0n) is 22.7. The number of aryl methyl sites for hydroxylation is 2. The van der Waals surface area contributed by atoms with Crippen molar-refractivity contribution in [2.75, 3.05) is 64.4 Å². The Kier molecular flexibility index (Phi) is 6.90. The Hall–Kier alpha value is -3.27. The highest BCUT2D eigenvalue weighted by atomic mass is 16.3. The number of β-amino-alcohol motifs (C(OH)–C–C–N with tert-alkyl or cyclic N) is 1. The van der Waals surface area contributed by atoms with E-state index >= 15 is 0 Å². The van der Waals surface area contributed by atoms with Crippen molar-refractivity contribution in [1.82, 2.24) is 34.8 Å². The Morgan fingerprint density at radius 2 is 1.68 bits per heavy atom. The standard InChI is InChI=1S/C29H38N8O/c1-20-14-22(15-21(2)28(20)36-10-8-35(9-11-36)12-13-38)27-16-25-26(18-30-29(25)33-32-27)23-17-31-37(19-23)24-4-6-34(3)7-5-24/h14-19,24,38H,4-13H2,1-3H3,(H,30,33). The number of rotatable bonds is 6. The number of nitrogens with zero attached hydrogens (tertiary/aromatic N) is 7. The molecule has 0 aliphatic carbocycles. The van der Waals surface area contributed by atoms with Gasteiger partial charge in [-0.05, 0) is 76.2 Å². The summed E-state index contributed by atoms with van der Waals surface area (Å²) in [5.74, 6) is 0. The molecule has 9 heteroatoms. The number of aliphatic hydroxyl groups excluding tert-OH is 1. The lowest BCUT2D eigenvalue weighted by Gasteiger charge is -2.37. The monoisotopic (exact) mass is 514 g/mol. The van der Waals surface area contributed by atoms with Crippen LogP contribution < -0.4 is 4.90 Å². The molecule has 38 heavy (non-hydrogen) atoms. The second-order valence-electron chi connectivity index (χ2n) is 10.9. The Morgan fingerprint density at radius 3 is 2.39 bits per heavy atom. The summed E-state index contributed by atoms with van der Waals surface area (Å²) < 4.78 is 2.14. The average molecular weight is 515 g/mol. The number of fused-ring (bicyclic) bond motifs is 1. The van der Waals surface area contributed by atoms with E-state index in [2.05, 4.69) is 79.9 Å². The van der Waals surface area contributed by atoms with Gasteiger partial charge in [0, 0.05) is 72.9 Å². The molecule has 2 aliphatic rings. The van der Waals surface area contributed by atoms with E-state index in [9.17, 15) is 5.11 Å². The number of benzene rings is 1. The molecule has 0 radical (unpaired) electrons. The lowest BCUT2D eigenvalue weighted by Crippen LogP contribution is -2.47. The number of likely N-dealkylation sites (tertiary alicyclic amines) is 1. The number of aliphatic hydroxyl groups is 1. The molecule has 0 atom stereocenters. The van der Waals surface area contributed by atoms with Crippen LogP contribution in [0.15, 0.2) is 36.8 Å². The molecule has 5 heterocycles. The van der Waals surface area contributed by atoms with Crippen LogP contribution >= 0.6 is 0 Å². The number of H-pyrrole nitrogens is 1. The van der Waals surface area contributed by atoms with Gasteiger partial charge in [-0.25, -0.2) is 0 Å². The topological polar surface area (TPSA) is 89.3 Å². The highest BCUT2D eigenvalue weighted by Gasteiger charge is 2.22. The summed E-state index contributed by atoms with van der Waals surface area (Å²) in [6.07, 6.45) is 8.45. The zero-order valence-corrected chi connectivity index (χ0v) is 22.7. The Bertz CT molecular complexity index is 1390. The summed E-state index contributed by atoms with van der Waals surface area (Å²) >= 11 is 0. The molecule has 0 amide bonds. The van der Waals surface area contributed by atoms with E-state index in [0.717, 1.165) is 92.1 Å². The van der Waals surface area contributed by atoms with Crippen LogP contribution in [0, 0.1) is 13.8 Å². The van der Waals surface area contributed by atoms with Crippen LogP contribution in [0.3, 0.4) is 0 Å². The summed E-state index contributed by atoms with van der Waals surface area (Å²) in [5, 5.41) is 24.2. The normalized spacial score (nSPS) is 18.1. The van der Waals surface area contributed by atoms with Crippen LogP contribution in [0.1, 0.15) is 30.0 Å². The van der Waals surface area contributed by atoms with Crippen LogP contribution in [0.4, 0.5) is 5.69 Å². The molecular formula is C29H38N8O. The maximum atomic E-state index is 9.25. The Balaban J connectivity index is 1.26. The smallest absolute Gasteiger partial charge is 0.160 e. The fourth-order valence-electron chi connectivity index (χ4n) is 6.18. The number of anilines is 1. The number of hydrogen-bond acceptors (Lipinski definition) is 7. The summed E-state index contributed by atoms with van der Waals surface area (Å²) in [6, 6.07) is 7.09. The lowest BCUT2D eigenvalue weighted by molar-refractivity contribution is 0.188. The maximum Gasteiger partial charge on any atom is 0.160 e. The summed E-state index contributed by atoms with van der Waals surface area (Å²) in [6.45, 7) is 11.5. The highest BCUT2D eigenvalue weighted by Crippen LogP contribution is 2.34. The van der Waals surface area contributed by atoms with Gasteiger partial charge in [0.15, 0.2) is 5.65 Å². The van der Waals surface area contributed by atoms with Crippen molar-refractivity contribution in [3.63, 3.8) is 0 Å². The van der Waals surface area contributed by atoms with E-state index in [4.69, 9.17) is 5.10 Å². The molecule has 6 rings (SSSR count). The number of piperazine rings is 1. The minimum atomic E-state index is 0.224. The summed E-state index contributed by atoms with van der Waals surface area (Å²) in [4.78, 5) is 10.5. The van der Waals surface area contributed by atoms with Crippen molar-refractivity contribution in [1.29, 1.82) is 0 Å². The van der Waals surface area contributed by atoms with Gasteiger partial charge in [0.2, 0.25) is 0 Å². The Labute approximate surface area is 224 Å². The predicted octanol–water partition coefficient (Wildman–Crippen LogP) is 3.49. The van der Waals surface area contributed by atoms with Crippen molar-refractivity contribution >= 4 is 16.7 Å². The molecule has 2 aliphatic heterocycles. The fourth-order valence-corrected chi connectivity index (χ4v) is 6.18. The molecule has 2 fully saturated rings. The van der Waals surface area contributed by atoms with Crippen molar-refractivity contribution < 1.29 is 5.11 Å².